The maximum atomic E-state index is 9.75. The summed E-state index contributed by atoms with van der Waals surface area (Å²) in [6.45, 7) is 0. The van der Waals surface area contributed by atoms with Crippen molar-refractivity contribution < 1.29 is 10.2 Å². The van der Waals surface area contributed by atoms with Crippen molar-refractivity contribution in [1.29, 1.82) is 0 Å². The number of phenolic OH excluding ortho intramolecular Hbond substituents is 2. The van der Waals surface area contributed by atoms with Gasteiger partial charge in [-0.3, -0.25) is 0 Å². The monoisotopic (exact) mass is 480 g/mol. The van der Waals surface area contributed by atoms with Crippen LogP contribution >= 0.6 is 16.7 Å². The van der Waals surface area contributed by atoms with E-state index in [0.29, 0.717) is 11.4 Å². The van der Waals surface area contributed by atoms with Crippen LogP contribution < -0.4 is 11.5 Å². The van der Waals surface area contributed by atoms with Crippen LogP contribution in [0.4, 0.5) is 11.4 Å². The molecule has 0 fully saturated rings. The molecule has 5 aromatic carbocycles. The van der Waals surface area contributed by atoms with Crippen LogP contribution in [0.25, 0.3) is 65.1 Å². The third-order valence-corrected chi connectivity index (χ3v) is 8.74. The maximum absolute atomic E-state index is 9.75. The van der Waals surface area contributed by atoms with Gasteiger partial charge in [0, 0.05) is 54.3 Å². The zero-order valence-corrected chi connectivity index (χ0v) is 19.7. The smallest absolute Gasteiger partial charge is 0.115 e. The summed E-state index contributed by atoms with van der Waals surface area (Å²) < 4.78 is 9.87. The Hall–Kier alpha value is -3.98. The Labute approximate surface area is 196 Å². The van der Waals surface area contributed by atoms with Gasteiger partial charge in [-0.05, 0) is 64.2 Å². The highest BCUT2D eigenvalue weighted by atomic mass is 31.0. The van der Waals surface area contributed by atoms with Crippen LogP contribution in [0.3, 0.4) is 0 Å². The molecule has 0 saturated carbocycles. The van der Waals surface area contributed by atoms with Crippen LogP contribution in [0.1, 0.15) is 0 Å². The fourth-order valence-electron chi connectivity index (χ4n) is 5.05. The lowest BCUT2D eigenvalue weighted by Gasteiger charge is -2.15. The second-order valence-electron chi connectivity index (χ2n) is 8.51. The van der Waals surface area contributed by atoms with Crippen molar-refractivity contribution in [3.05, 3.63) is 60.7 Å². The third-order valence-electron chi connectivity index (χ3n) is 6.60. The van der Waals surface area contributed by atoms with Gasteiger partial charge in [0.25, 0.3) is 0 Å². The van der Waals surface area contributed by atoms with E-state index in [1.54, 1.807) is 24.3 Å². The van der Waals surface area contributed by atoms with E-state index in [1.165, 1.54) is 0 Å². The van der Waals surface area contributed by atoms with E-state index in [-0.39, 0.29) is 28.2 Å². The molecule has 6 nitrogen and oxygen atoms in total. The molecule has 2 heterocycles. The standard InChI is InChI=1S/C26H18N4O2P2/c27-17-9-15(11-1-5-13(31)6-2-11)23(28)21-19(17)25-20-18(29-33-25)10-16(12-3-7-14(32)8-4-12)24-22(20)26(21)34-30-24/h1-10,31-34H,27-28H2. The highest BCUT2D eigenvalue weighted by Crippen LogP contribution is 2.53. The lowest BCUT2D eigenvalue weighted by molar-refractivity contribution is 0.475. The quantitative estimate of drug-likeness (QED) is 0.166. The van der Waals surface area contributed by atoms with E-state index in [9.17, 15) is 10.2 Å². The van der Waals surface area contributed by atoms with Gasteiger partial charge in [-0.15, -0.1) is 0 Å². The first kappa shape index (κ1) is 19.5. The van der Waals surface area contributed by atoms with Gasteiger partial charge in [-0.1, -0.05) is 24.3 Å². The zero-order chi connectivity index (χ0) is 23.1. The molecule has 34 heavy (non-hydrogen) atoms. The number of aromatic nitrogens is 2. The largest absolute Gasteiger partial charge is 0.508 e. The summed E-state index contributed by atoms with van der Waals surface area (Å²) in [7, 11) is 0.468. The lowest BCUT2D eigenvalue weighted by Crippen LogP contribution is -1.97. The van der Waals surface area contributed by atoms with E-state index in [2.05, 4.69) is 6.07 Å². The van der Waals surface area contributed by atoms with E-state index in [4.69, 9.17) is 21.0 Å². The Morgan fingerprint density at radius 1 is 0.618 bits per heavy atom. The molecule has 0 radical (unpaired) electrons. The topological polar surface area (TPSA) is 118 Å². The summed E-state index contributed by atoms with van der Waals surface area (Å²) in [5.41, 5.74) is 20.5. The molecule has 164 valence electrons. The molecule has 8 heteroatoms. The first-order valence-corrected chi connectivity index (χ1v) is 12.6. The lowest BCUT2D eigenvalue weighted by atomic mass is 9.92. The van der Waals surface area contributed by atoms with E-state index in [0.717, 1.165) is 65.1 Å². The average Bonchev–Trinajstić information content (AvgIpc) is 3.45. The molecule has 2 aromatic heterocycles. The van der Waals surface area contributed by atoms with Crippen LogP contribution in [0.2, 0.25) is 0 Å². The number of nitrogens with two attached hydrogens (primary N) is 2. The van der Waals surface area contributed by atoms with Crippen molar-refractivity contribution in [1.82, 2.24) is 9.49 Å². The Bertz CT molecular complexity index is 1890. The molecule has 0 aliphatic carbocycles. The average molecular weight is 480 g/mol. The highest BCUT2D eigenvalue weighted by molar-refractivity contribution is 7.36. The first-order chi connectivity index (χ1) is 16.5. The van der Waals surface area contributed by atoms with Crippen molar-refractivity contribution in [3.63, 3.8) is 0 Å². The minimum atomic E-state index is 0.205. The fourth-order valence-corrected chi connectivity index (χ4v) is 7.39. The number of hydrogen-bond acceptors (Lipinski definition) is 6. The Balaban J connectivity index is 1.64. The van der Waals surface area contributed by atoms with Gasteiger partial charge in [0.05, 0.1) is 11.0 Å². The number of aromatic hydroxyl groups is 2. The minimum absolute atomic E-state index is 0.205. The normalized spacial score (nSPS) is 12.5. The van der Waals surface area contributed by atoms with Gasteiger partial charge < -0.3 is 21.7 Å². The zero-order valence-electron chi connectivity index (χ0n) is 17.7. The molecule has 0 spiro atoms. The highest BCUT2D eigenvalue weighted by Gasteiger charge is 2.24. The van der Waals surface area contributed by atoms with Crippen molar-refractivity contribution in [2.75, 3.05) is 11.5 Å². The summed E-state index contributed by atoms with van der Waals surface area (Å²) in [5, 5.41) is 25.9. The fraction of sp³-hybridized carbons (Fsp3) is 0. The summed E-state index contributed by atoms with van der Waals surface area (Å²) in [6, 6.07) is 18.2. The Morgan fingerprint density at radius 2 is 1.21 bits per heavy atom. The van der Waals surface area contributed by atoms with Crippen molar-refractivity contribution in [2.24, 2.45) is 0 Å². The number of fused-ring (bicyclic) bond motifs is 3. The predicted molar refractivity (Wildman–Crippen MR) is 145 cm³/mol. The summed E-state index contributed by atoms with van der Waals surface area (Å²) in [6.07, 6.45) is 0. The second kappa shape index (κ2) is 6.77. The number of rotatable bonds is 2. The van der Waals surface area contributed by atoms with Crippen LogP contribution in [-0.4, -0.2) is 19.7 Å². The predicted octanol–water partition coefficient (Wildman–Crippen LogP) is 6.50. The molecule has 7 aromatic rings. The molecular weight excluding hydrogens is 462 g/mol. The van der Waals surface area contributed by atoms with Crippen LogP contribution in [0.5, 0.6) is 11.5 Å². The number of phenols is 2. The maximum Gasteiger partial charge on any atom is 0.115 e. The number of anilines is 2. The van der Waals surface area contributed by atoms with Gasteiger partial charge in [0.2, 0.25) is 0 Å². The molecule has 0 aliphatic rings. The van der Waals surface area contributed by atoms with Crippen molar-refractivity contribution in [3.8, 4) is 33.8 Å². The van der Waals surface area contributed by atoms with Crippen LogP contribution in [0, 0.1) is 0 Å². The minimum Gasteiger partial charge on any atom is -0.508 e. The van der Waals surface area contributed by atoms with Gasteiger partial charge in [-0.2, -0.15) is 0 Å². The van der Waals surface area contributed by atoms with Crippen LogP contribution in [-0.2, 0) is 0 Å². The third kappa shape index (κ3) is 2.52. The van der Waals surface area contributed by atoms with Gasteiger partial charge in [0.15, 0.2) is 0 Å². The molecule has 2 unspecified atom stereocenters. The molecule has 2 atom stereocenters. The molecule has 0 amide bonds. The van der Waals surface area contributed by atoms with E-state index < -0.39 is 0 Å². The van der Waals surface area contributed by atoms with Gasteiger partial charge in [0.1, 0.15) is 11.5 Å². The Kier molecular flexibility index (Phi) is 3.88. The Morgan fingerprint density at radius 3 is 1.88 bits per heavy atom. The molecule has 0 saturated heterocycles. The van der Waals surface area contributed by atoms with Gasteiger partial charge in [-0.25, -0.2) is 9.49 Å². The van der Waals surface area contributed by atoms with E-state index in [1.807, 2.05) is 30.3 Å². The van der Waals surface area contributed by atoms with Crippen molar-refractivity contribution in [2.45, 2.75) is 0 Å². The number of hydrogen-bond donors (Lipinski definition) is 4. The van der Waals surface area contributed by atoms with E-state index >= 15 is 0 Å². The van der Waals surface area contributed by atoms with Gasteiger partial charge >= 0.3 is 0 Å². The summed E-state index contributed by atoms with van der Waals surface area (Å²) in [5.74, 6) is 0.436. The number of benzene rings is 5. The first-order valence-electron chi connectivity index (χ1n) is 10.7. The van der Waals surface area contributed by atoms with Crippen molar-refractivity contribution >= 4 is 70.9 Å². The molecular formula is C26H18N4O2P2. The number of nitrogens with zero attached hydrogens (tertiary/aromatic N) is 2. The molecule has 7 rings (SSSR count). The SMILES string of the molecule is Nc1cc(-c2ccc(O)cc2)c(N)c2c3[pH]nc4c(-c5ccc(O)cc5)cc5n[pH]c(c12)c5c43. The summed E-state index contributed by atoms with van der Waals surface area (Å²) in [4.78, 5) is 0. The second-order valence-corrected chi connectivity index (χ2v) is 10.4. The molecule has 0 aliphatic heterocycles. The molecule has 6 N–H and O–H groups in total. The number of nitrogen functional groups attached to an aromatic ring is 2. The summed E-state index contributed by atoms with van der Waals surface area (Å²) >= 11 is 0. The van der Waals surface area contributed by atoms with Crippen LogP contribution in [0.15, 0.2) is 60.7 Å². The molecule has 0 bridgehead atoms.